The quantitative estimate of drug-likeness (QED) is 0.699. The average Bonchev–Trinajstić information content (AvgIpc) is 2.57. The monoisotopic (exact) mass is 255 g/mol. The van der Waals surface area contributed by atoms with E-state index in [0.29, 0.717) is 6.54 Å². The van der Waals surface area contributed by atoms with Crippen molar-refractivity contribution < 1.29 is 14.6 Å². The summed E-state index contributed by atoms with van der Waals surface area (Å²) < 4.78 is 5.48. The van der Waals surface area contributed by atoms with Gasteiger partial charge in [-0.2, -0.15) is 0 Å². The van der Waals surface area contributed by atoms with Gasteiger partial charge >= 0.3 is 5.97 Å². The van der Waals surface area contributed by atoms with Crippen molar-refractivity contribution in [1.29, 1.82) is 0 Å². The Labute approximate surface area is 109 Å². The Morgan fingerprint density at radius 3 is 2.67 bits per heavy atom. The van der Waals surface area contributed by atoms with E-state index in [4.69, 9.17) is 4.74 Å². The maximum absolute atomic E-state index is 12.1. The minimum Gasteiger partial charge on any atom is -0.460 e. The molecular formula is C14H25NO3. The van der Waals surface area contributed by atoms with Gasteiger partial charge in [0, 0.05) is 12.1 Å². The normalized spacial score (nSPS) is 36.9. The average molecular weight is 255 g/mol. The molecule has 4 heteroatoms. The first-order valence-corrected chi connectivity index (χ1v) is 6.96. The van der Waals surface area contributed by atoms with E-state index in [1.54, 1.807) is 0 Å². The third-order valence-electron chi connectivity index (χ3n) is 3.92. The second-order valence-corrected chi connectivity index (χ2v) is 6.85. The zero-order valence-electron chi connectivity index (χ0n) is 11.7. The van der Waals surface area contributed by atoms with Crippen LogP contribution in [0.15, 0.2) is 0 Å². The molecule has 3 unspecified atom stereocenters. The van der Waals surface area contributed by atoms with Crippen LogP contribution in [-0.4, -0.2) is 34.9 Å². The van der Waals surface area contributed by atoms with Crippen LogP contribution in [0.3, 0.4) is 0 Å². The van der Waals surface area contributed by atoms with Crippen molar-refractivity contribution >= 4 is 5.97 Å². The number of nitrogens with one attached hydrogen (secondary N) is 1. The molecule has 3 atom stereocenters. The minimum absolute atomic E-state index is 0.0178. The van der Waals surface area contributed by atoms with Gasteiger partial charge in [-0.1, -0.05) is 6.42 Å². The second kappa shape index (κ2) is 4.82. The van der Waals surface area contributed by atoms with Gasteiger partial charge < -0.3 is 15.2 Å². The molecule has 2 rings (SSSR count). The van der Waals surface area contributed by atoms with Gasteiger partial charge in [-0.25, -0.2) is 0 Å². The molecule has 0 aromatic carbocycles. The van der Waals surface area contributed by atoms with Gasteiger partial charge in [0.15, 0.2) is 0 Å². The highest BCUT2D eigenvalue weighted by Gasteiger charge is 2.44. The molecule has 2 N–H and O–H groups in total. The van der Waals surface area contributed by atoms with Gasteiger partial charge in [0.25, 0.3) is 0 Å². The van der Waals surface area contributed by atoms with E-state index in [0.717, 1.165) is 32.1 Å². The number of hydrogen-bond acceptors (Lipinski definition) is 4. The van der Waals surface area contributed by atoms with E-state index in [1.165, 1.54) is 0 Å². The molecule has 1 spiro atoms. The lowest BCUT2D eigenvalue weighted by atomic mass is 9.74. The van der Waals surface area contributed by atoms with E-state index in [-0.39, 0.29) is 23.5 Å². The van der Waals surface area contributed by atoms with Crippen LogP contribution in [0.25, 0.3) is 0 Å². The SMILES string of the molecule is CC(C)(C)OC(=O)C1CCCC2(CC(O)CN2)C1. The largest absolute Gasteiger partial charge is 0.460 e. The summed E-state index contributed by atoms with van der Waals surface area (Å²) in [4.78, 5) is 12.1. The standard InChI is InChI=1S/C14H25NO3/c1-13(2,3)18-12(17)10-5-4-6-14(7-10)8-11(16)9-15-14/h10-11,15-16H,4-9H2,1-3H3. The summed E-state index contributed by atoms with van der Waals surface area (Å²) in [6.45, 7) is 6.37. The summed E-state index contributed by atoms with van der Waals surface area (Å²) in [5.41, 5.74) is -0.441. The number of aliphatic hydroxyl groups is 1. The third-order valence-corrected chi connectivity index (χ3v) is 3.92. The topological polar surface area (TPSA) is 58.6 Å². The van der Waals surface area contributed by atoms with E-state index in [9.17, 15) is 9.90 Å². The molecule has 104 valence electrons. The molecular weight excluding hydrogens is 230 g/mol. The van der Waals surface area contributed by atoms with Crippen LogP contribution in [-0.2, 0) is 9.53 Å². The predicted molar refractivity (Wildman–Crippen MR) is 69.2 cm³/mol. The number of carbonyl (C=O) groups excluding carboxylic acids is 1. The number of carbonyl (C=O) groups is 1. The van der Waals surface area contributed by atoms with Crippen molar-refractivity contribution in [2.75, 3.05) is 6.54 Å². The summed E-state index contributed by atoms with van der Waals surface area (Å²) >= 11 is 0. The van der Waals surface area contributed by atoms with Gasteiger partial charge in [0.1, 0.15) is 5.60 Å². The van der Waals surface area contributed by atoms with Crippen molar-refractivity contribution in [3.8, 4) is 0 Å². The van der Waals surface area contributed by atoms with Crippen LogP contribution in [0.5, 0.6) is 0 Å². The Hall–Kier alpha value is -0.610. The summed E-state index contributed by atoms with van der Waals surface area (Å²) in [5, 5.41) is 13.1. The Balaban J connectivity index is 1.97. The Morgan fingerprint density at radius 2 is 2.11 bits per heavy atom. The van der Waals surface area contributed by atoms with Crippen molar-refractivity contribution in [3.63, 3.8) is 0 Å². The van der Waals surface area contributed by atoms with Gasteiger partial charge in [0.05, 0.1) is 12.0 Å². The Bertz CT molecular complexity index is 319. The lowest BCUT2D eigenvalue weighted by Crippen LogP contribution is -2.46. The van der Waals surface area contributed by atoms with Crippen LogP contribution in [0, 0.1) is 5.92 Å². The molecule has 4 nitrogen and oxygen atoms in total. The van der Waals surface area contributed by atoms with Crippen molar-refractivity contribution in [2.45, 2.75) is 70.1 Å². The van der Waals surface area contributed by atoms with Crippen molar-refractivity contribution in [3.05, 3.63) is 0 Å². The highest BCUT2D eigenvalue weighted by atomic mass is 16.6. The lowest BCUT2D eigenvalue weighted by Gasteiger charge is -2.38. The fraction of sp³-hybridized carbons (Fsp3) is 0.929. The van der Waals surface area contributed by atoms with E-state index >= 15 is 0 Å². The van der Waals surface area contributed by atoms with Crippen molar-refractivity contribution in [2.24, 2.45) is 5.92 Å². The first-order valence-electron chi connectivity index (χ1n) is 6.96. The van der Waals surface area contributed by atoms with Crippen molar-refractivity contribution in [1.82, 2.24) is 5.32 Å². The van der Waals surface area contributed by atoms with Crippen LogP contribution in [0.2, 0.25) is 0 Å². The summed E-state index contributed by atoms with van der Waals surface area (Å²) in [7, 11) is 0. The number of aliphatic hydroxyl groups excluding tert-OH is 1. The summed E-state index contributed by atoms with van der Waals surface area (Å²) in [6, 6.07) is 0. The Morgan fingerprint density at radius 1 is 1.39 bits per heavy atom. The first-order chi connectivity index (χ1) is 8.30. The molecule has 1 aliphatic heterocycles. The molecule has 0 aromatic heterocycles. The molecule has 1 aliphatic carbocycles. The van der Waals surface area contributed by atoms with E-state index < -0.39 is 5.60 Å². The molecule has 18 heavy (non-hydrogen) atoms. The smallest absolute Gasteiger partial charge is 0.309 e. The van der Waals surface area contributed by atoms with Crippen LogP contribution in [0.4, 0.5) is 0 Å². The molecule has 2 fully saturated rings. The first kappa shape index (κ1) is 13.8. The highest BCUT2D eigenvalue weighted by Crippen LogP contribution is 2.39. The fourth-order valence-electron chi connectivity index (χ4n) is 3.22. The zero-order chi connectivity index (χ0) is 13.4. The number of β-amino-alcohol motifs (C(OH)–C–C–N with tert-alkyl or cyclic N) is 1. The molecule has 1 saturated carbocycles. The summed E-state index contributed by atoms with van der Waals surface area (Å²) in [5.74, 6) is -0.0967. The Kier molecular flexibility index (Phi) is 3.70. The maximum Gasteiger partial charge on any atom is 0.309 e. The van der Waals surface area contributed by atoms with Gasteiger partial charge in [-0.3, -0.25) is 4.79 Å². The van der Waals surface area contributed by atoms with E-state index in [2.05, 4.69) is 5.32 Å². The third kappa shape index (κ3) is 3.23. The van der Waals surface area contributed by atoms with Crippen LogP contribution in [0.1, 0.15) is 52.9 Å². The van der Waals surface area contributed by atoms with Crippen LogP contribution < -0.4 is 5.32 Å². The van der Waals surface area contributed by atoms with Crippen LogP contribution >= 0.6 is 0 Å². The number of ether oxygens (including phenoxy) is 1. The minimum atomic E-state index is -0.412. The zero-order valence-corrected chi connectivity index (χ0v) is 11.7. The van der Waals surface area contributed by atoms with Gasteiger partial charge in [-0.05, 0) is 46.5 Å². The molecule has 0 aromatic rings. The molecule has 1 saturated heterocycles. The summed E-state index contributed by atoms with van der Waals surface area (Å²) in [6.07, 6.45) is 4.31. The predicted octanol–water partition coefficient (Wildman–Crippen LogP) is 1.61. The maximum atomic E-state index is 12.1. The number of hydrogen-bond donors (Lipinski definition) is 2. The fourth-order valence-corrected chi connectivity index (χ4v) is 3.22. The molecule has 0 amide bonds. The molecule has 1 heterocycles. The van der Waals surface area contributed by atoms with Gasteiger partial charge in [-0.15, -0.1) is 0 Å². The van der Waals surface area contributed by atoms with Gasteiger partial charge in [0.2, 0.25) is 0 Å². The molecule has 0 radical (unpaired) electrons. The van der Waals surface area contributed by atoms with E-state index in [1.807, 2.05) is 20.8 Å². The highest BCUT2D eigenvalue weighted by molar-refractivity contribution is 5.73. The molecule has 0 bridgehead atoms. The molecule has 2 aliphatic rings. The lowest BCUT2D eigenvalue weighted by molar-refractivity contribution is -0.162. The number of rotatable bonds is 1. The number of esters is 1. The second-order valence-electron chi connectivity index (χ2n) is 6.85.